The van der Waals surface area contributed by atoms with E-state index in [2.05, 4.69) is 0 Å². The fourth-order valence-electron chi connectivity index (χ4n) is 2.00. The first-order valence-electron chi connectivity index (χ1n) is 5.80. The van der Waals surface area contributed by atoms with Crippen molar-refractivity contribution >= 4 is 11.4 Å². The fraction of sp³-hybridized carbons (Fsp3) is 0.500. The van der Waals surface area contributed by atoms with Crippen molar-refractivity contribution in [3.63, 3.8) is 0 Å². The Labute approximate surface area is 116 Å². The van der Waals surface area contributed by atoms with Crippen molar-refractivity contribution < 1.29 is 31.4 Å². The van der Waals surface area contributed by atoms with Gasteiger partial charge in [-0.2, -0.15) is 26.3 Å². The van der Waals surface area contributed by atoms with Crippen LogP contribution in [0.15, 0.2) is 18.2 Å². The van der Waals surface area contributed by atoms with Gasteiger partial charge in [-0.25, -0.2) is 0 Å². The van der Waals surface area contributed by atoms with E-state index in [1.165, 1.54) is 18.2 Å². The van der Waals surface area contributed by atoms with Crippen LogP contribution in [0.5, 0.6) is 0 Å². The zero-order valence-corrected chi connectivity index (χ0v) is 10.9. The van der Waals surface area contributed by atoms with Crippen molar-refractivity contribution in [2.24, 2.45) is 5.92 Å². The first-order chi connectivity index (χ1) is 9.30. The quantitative estimate of drug-likeness (QED) is 0.593. The van der Waals surface area contributed by atoms with Crippen molar-refractivity contribution in [1.29, 1.82) is 0 Å². The molecule has 1 aromatic rings. The number of hydrogen-bond donors (Lipinski definition) is 3. The Kier molecular flexibility index (Phi) is 4.38. The topological polar surface area (TPSA) is 72.3 Å². The predicted octanol–water partition coefficient (Wildman–Crippen LogP) is 2.89. The van der Waals surface area contributed by atoms with Crippen LogP contribution in [-0.4, -0.2) is 23.1 Å². The Balaban J connectivity index is 3.17. The van der Waals surface area contributed by atoms with Crippen LogP contribution in [-0.2, 0) is 6.42 Å². The molecule has 0 bridgehead atoms. The molecule has 0 heterocycles. The summed E-state index contributed by atoms with van der Waals surface area (Å²) in [5.74, 6) is -2.18. The number of nitrogen functional groups attached to an aromatic ring is 2. The minimum absolute atomic E-state index is 0.0338. The molecule has 0 aliphatic rings. The lowest BCUT2D eigenvalue weighted by atomic mass is 9.82. The molecule has 120 valence electrons. The summed E-state index contributed by atoms with van der Waals surface area (Å²) in [6.07, 6.45) is -12.4. The highest BCUT2D eigenvalue weighted by atomic mass is 19.4. The summed E-state index contributed by atoms with van der Waals surface area (Å²) in [5, 5.41) is 9.24. The average molecular weight is 316 g/mol. The van der Waals surface area contributed by atoms with Crippen molar-refractivity contribution in [3.05, 3.63) is 23.8 Å². The molecule has 9 heteroatoms. The molecule has 1 aromatic carbocycles. The van der Waals surface area contributed by atoms with Gasteiger partial charge >= 0.3 is 12.4 Å². The van der Waals surface area contributed by atoms with E-state index in [0.717, 1.165) is 0 Å². The second-order valence-corrected chi connectivity index (χ2v) is 4.83. The summed E-state index contributed by atoms with van der Waals surface area (Å²) in [6, 6.07) is 3.76. The van der Waals surface area contributed by atoms with E-state index in [1.54, 1.807) is 0 Å². The van der Waals surface area contributed by atoms with Crippen molar-refractivity contribution in [2.45, 2.75) is 31.3 Å². The molecule has 0 amide bonds. The van der Waals surface area contributed by atoms with Gasteiger partial charge in [-0.05, 0) is 24.1 Å². The van der Waals surface area contributed by atoms with Gasteiger partial charge in [0.15, 0.2) is 0 Å². The molecular formula is C12H14F6N2O. The Bertz CT molecular complexity index is 497. The van der Waals surface area contributed by atoms with Crippen LogP contribution < -0.4 is 11.5 Å². The van der Waals surface area contributed by atoms with E-state index in [4.69, 9.17) is 11.5 Å². The second-order valence-electron chi connectivity index (χ2n) is 4.83. The number of aliphatic hydroxyl groups is 1. The average Bonchev–Trinajstić information content (AvgIpc) is 2.28. The Hall–Kier alpha value is -1.64. The molecule has 0 aromatic heterocycles. The lowest BCUT2D eigenvalue weighted by Gasteiger charge is -2.37. The smallest absolute Gasteiger partial charge is 0.399 e. The van der Waals surface area contributed by atoms with Gasteiger partial charge in [-0.3, -0.25) is 0 Å². The molecule has 3 nitrogen and oxygen atoms in total. The summed E-state index contributed by atoms with van der Waals surface area (Å²) in [5.41, 5.74) is 6.33. The van der Waals surface area contributed by atoms with Gasteiger partial charge in [0.2, 0.25) is 0 Å². The summed E-state index contributed by atoms with van der Waals surface area (Å²) >= 11 is 0. The lowest BCUT2D eigenvalue weighted by Crippen LogP contribution is -2.61. The van der Waals surface area contributed by atoms with E-state index >= 15 is 0 Å². The van der Waals surface area contributed by atoms with E-state index in [1.807, 2.05) is 0 Å². The van der Waals surface area contributed by atoms with Crippen molar-refractivity contribution in [3.8, 4) is 0 Å². The Morgan fingerprint density at radius 3 is 1.90 bits per heavy atom. The van der Waals surface area contributed by atoms with Gasteiger partial charge in [0, 0.05) is 17.3 Å². The monoisotopic (exact) mass is 316 g/mol. The zero-order valence-electron chi connectivity index (χ0n) is 10.9. The van der Waals surface area contributed by atoms with Crippen LogP contribution in [0.25, 0.3) is 0 Å². The van der Waals surface area contributed by atoms with E-state index in [-0.39, 0.29) is 16.9 Å². The van der Waals surface area contributed by atoms with E-state index < -0.39 is 30.3 Å². The van der Waals surface area contributed by atoms with Gasteiger partial charge in [0.05, 0.1) is 0 Å². The van der Waals surface area contributed by atoms with Crippen molar-refractivity contribution in [2.75, 3.05) is 11.5 Å². The number of halogens is 6. The van der Waals surface area contributed by atoms with Crippen LogP contribution in [0.1, 0.15) is 12.5 Å². The van der Waals surface area contributed by atoms with Gasteiger partial charge in [0.1, 0.15) is 0 Å². The number of rotatable bonds is 3. The Morgan fingerprint density at radius 1 is 1.05 bits per heavy atom. The minimum atomic E-state index is -5.85. The minimum Gasteiger partial charge on any atom is -0.399 e. The van der Waals surface area contributed by atoms with Crippen molar-refractivity contribution in [1.82, 2.24) is 0 Å². The van der Waals surface area contributed by atoms with Crippen LogP contribution >= 0.6 is 0 Å². The normalized spacial score (nSPS) is 15.0. The molecule has 0 saturated heterocycles. The number of hydrogen-bond acceptors (Lipinski definition) is 3. The third kappa shape index (κ3) is 3.17. The third-order valence-electron chi connectivity index (χ3n) is 3.27. The molecule has 0 spiro atoms. The summed E-state index contributed by atoms with van der Waals surface area (Å²) in [7, 11) is 0. The van der Waals surface area contributed by atoms with Crippen LogP contribution in [0.3, 0.4) is 0 Å². The van der Waals surface area contributed by atoms with Crippen LogP contribution in [0, 0.1) is 5.92 Å². The van der Waals surface area contributed by atoms with E-state index in [0.29, 0.717) is 6.92 Å². The van der Waals surface area contributed by atoms with Gasteiger partial charge < -0.3 is 16.6 Å². The summed E-state index contributed by atoms with van der Waals surface area (Å²) in [4.78, 5) is 0. The van der Waals surface area contributed by atoms with Gasteiger partial charge in [-0.1, -0.05) is 13.0 Å². The third-order valence-corrected chi connectivity index (χ3v) is 3.27. The second kappa shape index (κ2) is 5.28. The van der Waals surface area contributed by atoms with Gasteiger partial charge in [0.25, 0.3) is 5.60 Å². The molecule has 0 radical (unpaired) electrons. The van der Waals surface area contributed by atoms with E-state index in [9.17, 15) is 31.4 Å². The molecule has 0 aliphatic heterocycles. The molecule has 1 atom stereocenters. The highest BCUT2D eigenvalue weighted by Gasteiger charge is 2.72. The first-order valence-corrected chi connectivity index (χ1v) is 5.80. The maximum atomic E-state index is 12.7. The van der Waals surface area contributed by atoms with Gasteiger partial charge in [-0.15, -0.1) is 0 Å². The number of alkyl halides is 6. The zero-order chi connectivity index (χ0) is 16.6. The molecular weight excluding hydrogens is 302 g/mol. The summed E-state index contributed by atoms with van der Waals surface area (Å²) in [6.45, 7) is 0.663. The summed E-state index contributed by atoms with van der Waals surface area (Å²) < 4.78 is 76.2. The lowest BCUT2D eigenvalue weighted by molar-refractivity contribution is -0.383. The molecule has 0 saturated carbocycles. The SMILES string of the molecule is CC(Cc1ccc(N)cc1N)C(O)(C(F)(F)F)C(F)(F)F. The number of nitrogens with two attached hydrogens (primary N) is 2. The maximum absolute atomic E-state index is 12.7. The molecule has 1 rings (SSSR count). The Morgan fingerprint density at radius 2 is 1.52 bits per heavy atom. The first kappa shape index (κ1) is 17.4. The largest absolute Gasteiger partial charge is 0.426 e. The molecule has 1 unspecified atom stereocenters. The predicted molar refractivity (Wildman–Crippen MR) is 65.2 cm³/mol. The highest BCUT2D eigenvalue weighted by Crippen LogP contribution is 2.48. The fourth-order valence-corrected chi connectivity index (χ4v) is 2.00. The number of benzene rings is 1. The molecule has 0 aliphatic carbocycles. The van der Waals surface area contributed by atoms with Crippen LogP contribution in [0.4, 0.5) is 37.7 Å². The number of anilines is 2. The molecule has 0 fully saturated rings. The van der Waals surface area contributed by atoms with Crippen LogP contribution in [0.2, 0.25) is 0 Å². The standard InChI is InChI=1S/C12H14F6N2O/c1-6(4-7-2-3-8(19)5-9(7)20)10(21,11(13,14)15)12(16,17)18/h2-3,5-6,21H,4,19-20H2,1H3. The molecule has 5 N–H and O–H groups in total. The maximum Gasteiger partial charge on any atom is 0.426 e. The highest BCUT2D eigenvalue weighted by molar-refractivity contribution is 5.56. The molecule has 21 heavy (non-hydrogen) atoms.